The van der Waals surface area contributed by atoms with Crippen LogP contribution in [0, 0.1) is 5.92 Å². The Morgan fingerprint density at radius 1 is 1.36 bits per heavy atom. The number of nitrogens with one attached hydrogen (secondary N) is 1. The number of carbonyl (C=O) groups excluding carboxylic acids is 1. The Hall–Kier alpha value is -2.14. The van der Waals surface area contributed by atoms with E-state index < -0.39 is 0 Å². The van der Waals surface area contributed by atoms with Gasteiger partial charge < -0.3 is 10.2 Å². The normalized spacial score (nSPS) is 18.2. The van der Waals surface area contributed by atoms with Gasteiger partial charge in [-0.3, -0.25) is 4.79 Å². The van der Waals surface area contributed by atoms with Crippen molar-refractivity contribution in [2.75, 3.05) is 5.32 Å². The molecule has 1 amide bonds. The maximum Gasteiger partial charge on any atom is 0.246 e. The highest BCUT2D eigenvalue weighted by atomic mass is 35.5. The number of hydrogen-bond donors (Lipinski definition) is 1. The third-order valence-corrected chi connectivity index (χ3v) is 4.96. The minimum absolute atomic E-state index is 0.107. The predicted molar refractivity (Wildman–Crippen MR) is 97.4 cm³/mol. The second-order valence-corrected chi connectivity index (χ2v) is 7.69. The monoisotopic (exact) mass is 356 g/mol. The zero-order valence-corrected chi connectivity index (χ0v) is 15.2. The number of amides is 1. The fraction of sp³-hybridized carbons (Fsp3) is 0.421. The van der Waals surface area contributed by atoms with Crippen LogP contribution in [0.3, 0.4) is 0 Å². The fourth-order valence-corrected chi connectivity index (χ4v) is 3.71. The van der Waals surface area contributed by atoms with Gasteiger partial charge in [-0.05, 0) is 29.7 Å². The Balaban J connectivity index is 1.46. The van der Waals surface area contributed by atoms with Gasteiger partial charge in [0.25, 0.3) is 0 Å². The molecule has 130 valence electrons. The number of rotatable bonds is 3. The van der Waals surface area contributed by atoms with Crippen molar-refractivity contribution in [3.05, 3.63) is 52.1 Å². The van der Waals surface area contributed by atoms with Gasteiger partial charge in [0, 0.05) is 41.9 Å². The molecular formula is C19H21ClN4O. The maximum absolute atomic E-state index is 12.9. The average Bonchev–Trinajstić information content (AvgIpc) is 3.16. The molecule has 0 saturated carbocycles. The van der Waals surface area contributed by atoms with Crippen molar-refractivity contribution < 1.29 is 4.79 Å². The molecule has 1 unspecified atom stereocenters. The summed E-state index contributed by atoms with van der Waals surface area (Å²) in [6, 6.07) is 5.48. The van der Waals surface area contributed by atoms with Crippen LogP contribution in [-0.2, 0) is 30.7 Å². The molecule has 6 heteroatoms. The van der Waals surface area contributed by atoms with Crippen LogP contribution in [0.2, 0.25) is 5.02 Å². The van der Waals surface area contributed by atoms with Crippen LogP contribution in [-0.4, -0.2) is 26.8 Å². The van der Waals surface area contributed by atoms with E-state index in [1.54, 1.807) is 0 Å². The highest BCUT2D eigenvalue weighted by Crippen LogP contribution is 2.30. The minimum Gasteiger partial charge on any atom is -0.373 e. The summed E-state index contributed by atoms with van der Waals surface area (Å²) in [6.07, 6.45) is 3.41. The summed E-state index contributed by atoms with van der Waals surface area (Å²) in [4.78, 5) is 23.9. The van der Waals surface area contributed by atoms with Crippen molar-refractivity contribution in [1.82, 2.24) is 14.9 Å². The quantitative estimate of drug-likeness (QED) is 0.917. The van der Waals surface area contributed by atoms with Crippen molar-refractivity contribution in [3.63, 3.8) is 0 Å². The second kappa shape index (κ2) is 6.30. The van der Waals surface area contributed by atoms with Crippen LogP contribution < -0.4 is 5.32 Å². The highest BCUT2D eigenvalue weighted by Gasteiger charge is 2.33. The molecule has 2 aromatic rings. The van der Waals surface area contributed by atoms with Crippen molar-refractivity contribution in [2.45, 2.75) is 45.8 Å². The van der Waals surface area contributed by atoms with Crippen molar-refractivity contribution in [3.8, 4) is 0 Å². The maximum atomic E-state index is 12.9. The van der Waals surface area contributed by atoms with Gasteiger partial charge in [-0.25, -0.2) is 9.97 Å². The van der Waals surface area contributed by atoms with Gasteiger partial charge in [0.15, 0.2) is 0 Å². The lowest BCUT2D eigenvalue weighted by Gasteiger charge is -2.20. The van der Waals surface area contributed by atoms with Crippen molar-refractivity contribution in [2.24, 2.45) is 5.92 Å². The molecule has 0 aliphatic carbocycles. The van der Waals surface area contributed by atoms with Crippen LogP contribution in [0.15, 0.2) is 24.4 Å². The van der Waals surface area contributed by atoms with Gasteiger partial charge in [0.05, 0.1) is 12.2 Å². The van der Waals surface area contributed by atoms with Gasteiger partial charge in [-0.15, -0.1) is 0 Å². The molecule has 2 aliphatic heterocycles. The standard InChI is InChI=1S/C19H21ClN4O/c1-11(2)5-18-21-8-13-9-24(10-17(13)23-18)19(25)16-7-12-6-14(20)3-4-15(12)22-16/h3-4,6,8,11,16,22H,5,7,9-10H2,1-2H3. The summed E-state index contributed by atoms with van der Waals surface area (Å²) in [5.41, 5.74) is 4.14. The molecule has 0 saturated heterocycles. The number of aromatic nitrogens is 2. The average molecular weight is 357 g/mol. The molecule has 1 N–H and O–H groups in total. The van der Waals surface area contributed by atoms with Crippen molar-refractivity contribution >= 4 is 23.2 Å². The Kier molecular flexibility index (Phi) is 4.12. The van der Waals surface area contributed by atoms with Crippen LogP contribution in [0.1, 0.15) is 36.5 Å². The Bertz CT molecular complexity index is 836. The van der Waals surface area contributed by atoms with Crippen LogP contribution in [0.5, 0.6) is 0 Å². The van der Waals surface area contributed by atoms with Gasteiger partial charge in [-0.1, -0.05) is 25.4 Å². The summed E-state index contributed by atoms with van der Waals surface area (Å²) >= 11 is 6.05. The molecule has 1 aromatic carbocycles. The van der Waals surface area contributed by atoms with Crippen LogP contribution in [0.25, 0.3) is 0 Å². The summed E-state index contributed by atoms with van der Waals surface area (Å²) in [7, 11) is 0. The number of fused-ring (bicyclic) bond motifs is 2. The largest absolute Gasteiger partial charge is 0.373 e. The molecule has 0 bridgehead atoms. The number of carbonyl (C=O) groups is 1. The van der Waals surface area contributed by atoms with Gasteiger partial charge in [-0.2, -0.15) is 0 Å². The number of anilines is 1. The molecule has 0 radical (unpaired) electrons. The van der Waals surface area contributed by atoms with E-state index in [1.807, 2.05) is 29.3 Å². The molecule has 3 heterocycles. The third-order valence-electron chi connectivity index (χ3n) is 4.73. The van der Waals surface area contributed by atoms with E-state index in [4.69, 9.17) is 11.6 Å². The summed E-state index contributed by atoms with van der Waals surface area (Å²) < 4.78 is 0. The number of halogens is 1. The Morgan fingerprint density at radius 2 is 2.20 bits per heavy atom. The summed E-state index contributed by atoms with van der Waals surface area (Å²) in [5.74, 6) is 1.49. The van der Waals surface area contributed by atoms with Gasteiger partial charge in [0.2, 0.25) is 5.91 Å². The topological polar surface area (TPSA) is 58.1 Å². The van der Waals surface area contributed by atoms with Crippen LogP contribution >= 0.6 is 11.6 Å². The molecular weight excluding hydrogens is 336 g/mol. The van der Waals surface area contributed by atoms with Gasteiger partial charge >= 0.3 is 0 Å². The zero-order chi connectivity index (χ0) is 17.6. The van der Waals surface area contributed by atoms with Gasteiger partial charge in [0.1, 0.15) is 11.9 Å². The first kappa shape index (κ1) is 16.3. The molecule has 4 rings (SSSR count). The lowest BCUT2D eigenvalue weighted by Crippen LogP contribution is -2.39. The van der Waals surface area contributed by atoms with E-state index in [0.717, 1.165) is 34.8 Å². The highest BCUT2D eigenvalue weighted by molar-refractivity contribution is 6.30. The Labute approximate surface area is 152 Å². The molecule has 2 aliphatic rings. The van der Waals surface area contributed by atoms with E-state index in [9.17, 15) is 4.79 Å². The molecule has 1 atom stereocenters. The van der Waals surface area contributed by atoms with E-state index in [1.165, 1.54) is 0 Å². The molecule has 1 aromatic heterocycles. The first-order valence-corrected chi connectivity index (χ1v) is 9.05. The zero-order valence-electron chi connectivity index (χ0n) is 14.4. The smallest absolute Gasteiger partial charge is 0.246 e. The molecule has 0 fully saturated rings. The number of nitrogens with zero attached hydrogens (tertiary/aromatic N) is 3. The molecule has 5 nitrogen and oxygen atoms in total. The van der Waals surface area contributed by atoms with E-state index in [2.05, 4.69) is 29.1 Å². The first-order chi connectivity index (χ1) is 12.0. The number of benzene rings is 1. The van der Waals surface area contributed by atoms with Crippen LogP contribution in [0.4, 0.5) is 5.69 Å². The van der Waals surface area contributed by atoms with Crippen molar-refractivity contribution in [1.29, 1.82) is 0 Å². The molecule has 25 heavy (non-hydrogen) atoms. The third kappa shape index (κ3) is 3.21. The summed E-state index contributed by atoms with van der Waals surface area (Å²) in [5, 5.41) is 4.02. The fourth-order valence-electron chi connectivity index (χ4n) is 3.51. The predicted octanol–water partition coefficient (Wildman–Crippen LogP) is 3.21. The Morgan fingerprint density at radius 3 is 3.00 bits per heavy atom. The van der Waals surface area contributed by atoms with E-state index >= 15 is 0 Å². The lowest BCUT2D eigenvalue weighted by atomic mass is 10.1. The second-order valence-electron chi connectivity index (χ2n) is 7.25. The van der Waals surface area contributed by atoms with E-state index in [0.29, 0.717) is 30.5 Å². The first-order valence-electron chi connectivity index (χ1n) is 8.67. The lowest BCUT2D eigenvalue weighted by molar-refractivity contribution is -0.132. The number of hydrogen-bond acceptors (Lipinski definition) is 4. The van der Waals surface area contributed by atoms with E-state index in [-0.39, 0.29) is 11.9 Å². The molecule has 0 spiro atoms. The summed E-state index contributed by atoms with van der Waals surface area (Å²) in [6.45, 7) is 5.46. The SMILES string of the molecule is CC(C)Cc1ncc2c(n1)CN(C(=O)C1Cc3cc(Cl)ccc3N1)C2. The minimum atomic E-state index is -0.231.